The predicted octanol–water partition coefficient (Wildman–Crippen LogP) is 3.68. The summed E-state index contributed by atoms with van der Waals surface area (Å²) in [6.45, 7) is 2.92. The summed E-state index contributed by atoms with van der Waals surface area (Å²) in [6.07, 6.45) is 3.54. The van der Waals surface area contributed by atoms with Crippen LogP contribution in [0.5, 0.6) is 0 Å². The number of nitrogens with zero attached hydrogens (tertiary/aromatic N) is 2. The number of rotatable bonds is 4. The van der Waals surface area contributed by atoms with Crippen molar-refractivity contribution in [3.63, 3.8) is 0 Å². The summed E-state index contributed by atoms with van der Waals surface area (Å²) in [6, 6.07) is 13.8. The van der Waals surface area contributed by atoms with Crippen LogP contribution in [-0.2, 0) is 6.54 Å². The van der Waals surface area contributed by atoms with Crippen LogP contribution in [0.15, 0.2) is 48.7 Å². The largest absolute Gasteiger partial charge is 0.388 e. The van der Waals surface area contributed by atoms with Gasteiger partial charge in [-0.05, 0) is 49.0 Å². The fraction of sp³-hybridized carbons (Fsp3) is 0.389. The Morgan fingerprint density at radius 3 is 2.50 bits per heavy atom. The fourth-order valence-corrected chi connectivity index (χ4v) is 3.22. The van der Waals surface area contributed by atoms with Crippen molar-refractivity contribution in [1.82, 2.24) is 9.88 Å². The SMILES string of the molecule is OC(c1ccccc1)C1CCN(Cc2ccc(Cl)nc2)CC1. The predicted molar refractivity (Wildman–Crippen MR) is 88.6 cm³/mol. The third-order valence-corrected chi connectivity index (χ3v) is 4.64. The molecule has 22 heavy (non-hydrogen) atoms. The van der Waals surface area contributed by atoms with Crippen molar-refractivity contribution in [2.75, 3.05) is 13.1 Å². The van der Waals surface area contributed by atoms with E-state index in [0.29, 0.717) is 11.1 Å². The zero-order chi connectivity index (χ0) is 15.4. The molecule has 0 amide bonds. The van der Waals surface area contributed by atoms with Gasteiger partial charge in [0.15, 0.2) is 0 Å². The topological polar surface area (TPSA) is 36.4 Å². The first-order valence-corrected chi connectivity index (χ1v) is 8.16. The highest BCUT2D eigenvalue weighted by Gasteiger charge is 2.26. The van der Waals surface area contributed by atoms with Crippen LogP contribution in [0.3, 0.4) is 0 Å². The van der Waals surface area contributed by atoms with E-state index >= 15 is 0 Å². The van der Waals surface area contributed by atoms with Gasteiger partial charge in [-0.3, -0.25) is 4.90 Å². The molecule has 1 unspecified atom stereocenters. The van der Waals surface area contributed by atoms with E-state index in [4.69, 9.17) is 11.6 Å². The highest BCUT2D eigenvalue weighted by atomic mass is 35.5. The number of aliphatic hydroxyl groups excluding tert-OH is 1. The van der Waals surface area contributed by atoms with Gasteiger partial charge in [-0.1, -0.05) is 48.0 Å². The van der Waals surface area contributed by atoms with Gasteiger partial charge in [0.05, 0.1) is 6.10 Å². The Kier molecular flexibility index (Phi) is 5.08. The molecular weight excluding hydrogens is 296 g/mol. The molecule has 2 heterocycles. The van der Waals surface area contributed by atoms with Crippen molar-refractivity contribution < 1.29 is 5.11 Å². The Bertz CT molecular complexity index is 580. The van der Waals surface area contributed by atoms with E-state index in [1.807, 2.05) is 48.7 Å². The van der Waals surface area contributed by atoms with Crippen LogP contribution in [0.4, 0.5) is 0 Å². The van der Waals surface area contributed by atoms with Gasteiger partial charge in [0.25, 0.3) is 0 Å². The standard InChI is InChI=1S/C18H21ClN2O/c19-17-7-6-14(12-20-17)13-21-10-8-16(9-11-21)18(22)15-4-2-1-3-5-15/h1-7,12,16,18,22H,8-11,13H2. The molecule has 1 aromatic heterocycles. The minimum atomic E-state index is -0.347. The van der Waals surface area contributed by atoms with E-state index < -0.39 is 0 Å². The van der Waals surface area contributed by atoms with E-state index in [0.717, 1.165) is 38.0 Å². The van der Waals surface area contributed by atoms with Gasteiger partial charge in [0.2, 0.25) is 0 Å². The van der Waals surface area contributed by atoms with Gasteiger partial charge in [0, 0.05) is 12.7 Å². The number of pyridine rings is 1. The van der Waals surface area contributed by atoms with Crippen LogP contribution in [0.1, 0.15) is 30.1 Å². The maximum atomic E-state index is 10.5. The number of halogens is 1. The first kappa shape index (κ1) is 15.5. The van der Waals surface area contributed by atoms with Gasteiger partial charge >= 0.3 is 0 Å². The molecule has 116 valence electrons. The second-order valence-corrected chi connectivity index (χ2v) is 6.35. The Morgan fingerprint density at radius 1 is 1.14 bits per heavy atom. The molecule has 2 aromatic rings. The van der Waals surface area contributed by atoms with Crippen LogP contribution in [0.2, 0.25) is 5.15 Å². The quantitative estimate of drug-likeness (QED) is 0.874. The number of benzene rings is 1. The summed E-state index contributed by atoms with van der Waals surface area (Å²) in [5.74, 6) is 0.349. The molecular formula is C18H21ClN2O. The summed E-state index contributed by atoms with van der Waals surface area (Å²) < 4.78 is 0. The summed E-state index contributed by atoms with van der Waals surface area (Å²) in [5, 5.41) is 11.0. The lowest BCUT2D eigenvalue weighted by Crippen LogP contribution is -2.35. The molecule has 3 rings (SSSR count). The van der Waals surface area contributed by atoms with E-state index in [-0.39, 0.29) is 6.10 Å². The number of hydrogen-bond acceptors (Lipinski definition) is 3. The Balaban J connectivity index is 1.53. The highest BCUT2D eigenvalue weighted by Crippen LogP contribution is 2.30. The van der Waals surface area contributed by atoms with Crippen LogP contribution >= 0.6 is 11.6 Å². The van der Waals surface area contributed by atoms with Gasteiger partial charge in [-0.25, -0.2) is 4.98 Å². The van der Waals surface area contributed by atoms with Crippen molar-refractivity contribution >= 4 is 11.6 Å². The van der Waals surface area contributed by atoms with Crippen molar-refractivity contribution in [3.8, 4) is 0 Å². The lowest BCUT2D eigenvalue weighted by Gasteiger charge is -2.34. The van der Waals surface area contributed by atoms with Crippen LogP contribution < -0.4 is 0 Å². The van der Waals surface area contributed by atoms with Gasteiger partial charge in [-0.15, -0.1) is 0 Å². The number of likely N-dealkylation sites (tertiary alicyclic amines) is 1. The third-order valence-electron chi connectivity index (χ3n) is 4.41. The minimum Gasteiger partial charge on any atom is -0.388 e. The molecule has 1 N–H and O–H groups in total. The normalized spacial score (nSPS) is 18.3. The summed E-state index contributed by atoms with van der Waals surface area (Å²) in [5.41, 5.74) is 2.22. The molecule has 1 aliphatic heterocycles. The second kappa shape index (κ2) is 7.23. The van der Waals surface area contributed by atoms with Crippen LogP contribution in [-0.4, -0.2) is 28.1 Å². The molecule has 1 atom stereocenters. The molecule has 0 radical (unpaired) electrons. The van der Waals surface area contributed by atoms with E-state index in [1.165, 1.54) is 5.56 Å². The summed E-state index contributed by atoms with van der Waals surface area (Å²) in [4.78, 5) is 6.54. The zero-order valence-corrected chi connectivity index (χ0v) is 13.3. The fourth-order valence-electron chi connectivity index (χ4n) is 3.11. The maximum absolute atomic E-state index is 10.5. The molecule has 3 nitrogen and oxygen atoms in total. The third kappa shape index (κ3) is 3.86. The first-order valence-electron chi connectivity index (χ1n) is 7.78. The Labute approximate surface area is 136 Å². The van der Waals surface area contributed by atoms with Crippen molar-refractivity contribution in [2.45, 2.75) is 25.5 Å². The average molecular weight is 317 g/mol. The molecule has 0 bridgehead atoms. The minimum absolute atomic E-state index is 0.347. The maximum Gasteiger partial charge on any atom is 0.129 e. The highest BCUT2D eigenvalue weighted by molar-refractivity contribution is 6.29. The van der Waals surface area contributed by atoms with Crippen molar-refractivity contribution in [1.29, 1.82) is 0 Å². The van der Waals surface area contributed by atoms with Crippen LogP contribution in [0.25, 0.3) is 0 Å². The lowest BCUT2D eigenvalue weighted by molar-refractivity contribution is 0.0567. The average Bonchev–Trinajstić information content (AvgIpc) is 2.58. The number of hydrogen-bond donors (Lipinski definition) is 1. The second-order valence-electron chi connectivity index (χ2n) is 5.96. The number of aliphatic hydroxyl groups is 1. The van der Waals surface area contributed by atoms with E-state index in [1.54, 1.807) is 0 Å². The van der Waals surface area contributed by atoms with Gasteiger partial charge in [-0.2, -0.15) is 0 Å². The summed E-state index contributed by atoms with van der Waals surface area (Å²) >= 11 is 5.81. The number of piperidine rings is 1. The molecule has 1 saturated heterocycles. The Hall–Kier alpha value is -1.42. The first-order chi connectivity index (χ1) is 10.7. The monoisotopic (exact) mass is 316 g/mol. The molecule has 1 aromatic carbocycles. The van der Waals surface area contributed by atoms with Gasteiger partial charge < -0.3 is 5.11 Å². The van der Waals surface area contributed by atoms with Crippen LogP contribution in [0, 0.1) is 5.92 Å². The van der Waals surface area contributed by atoms with Crippen molar-refractivity contribution in [3.05, 3.63) is 64.9 Å². The zero-order valence-electron chi connectivity index (χ0n) is 12.5. The molecule has 1 aliphatic rings. The Morgan fingerprint density at radius 2 is 1.86 bits per heavy atom. The lowest BCUT2D eigenvalue weighted by atomic mass is 9.87. The smallest absolute Gasteiger partial charge is 0.129 e. The molecule has 4 heteroatoms. The van der Waals surface area contributed by atoms with Gasteiger partial charge in [0.1, 0.15) is 5.15 Å². The molecule has 0 spiro atoms. The van der Waals surface area contributed by atoms with E-state index in [9.17, 15) is 5.11 Å². The van der Waals surface area contributed by atoms with Crippen molar-refractivity contribution in [2.24, 2.45) is 5.92 Å². The molecule has 1 fully saturated rings. The van der Waals surface area contributed by atoms with E-state index in [2.05, 4.69) is 9.88 Å². The molecule has 0 saturated carbocycles. The molecule has 0 aliphatic carbocycles. The summed E-state index contributed by atoms with van der Waals surface area (Å²) in [7, 11) is 0. The number of aromatic nitrogens is 1.